The van der Waals surface area contributed by atoms with Crippen LogP contribution in [0.3, 0.4) is 0 Å². The molecule has 2 aromatic rings. The predicted molar refractivity (Wildman–Crippen MR) is 52.1 cm³/mol. The molecule has 0 aliphatic rings. The molecule has 0 amide bonds. The SMILES string of the molecule is Cc1ncc2c(N(C)C)nccn12. The van der Waals surface area contributed by atoms with Gasteiger partial charge in [-0.1, -0.05) is 0 Å². The first-order valence-electron chi connectivity index (χ1n) is 4.16. The largest absolute Gasteiger partial charge is 0.361 e. The van der Waals surface area contributed by atoms with Crippen molar-refractivity contribution in [2.45, 2.75) is 6.92 Å². The third-order valence-corrected chi connectivity index (χ3v) is 2.05. The van der Waals surface area contributed by atoms with Crippen LogP contribution in [0, 0.1) is 6.92 Å². The fourth-order valence-corrected chi connectivity index (χ4v) is 1.39. The number of nitrogens with zero attached hydrogens (tertiary/aromatic N) is 4. The summed E-state index contributed by atoms with van der Waals surface area (Å²) in [5.74, 6) is 1.93. The monoisotopic (exact) mass is 176 g/mol. The third kappa shape index (κ3) is 1.14. The van der Waals surface area contributed by atoms with Gasteiger partial charge in [-0.3, -0.25) is 4.40 Å². The highest BCUT2D eigenvalue weighted by Crippen LogP contribution is 2.16. The lowest BCUT2D eigenvalue weighted by atomic mass is 10.5. The van der Waals surface area contributed by atoms with E-state index in [1.165, 1.54) is 0 Å². The molecular formula is C9H12N4. The van der Waals surface area contributed by atoms with Crippen LogP contribution < -0.4 is 4.90 Å². The van der Waals surface area contributed by atoms with Crippen LogP contribution in [0.4, 0.5) is 5.82 Å². The summed E-state index contributed by atoms with van der Waals surface area (Å²) in [6, 6.07) is 0. The van der Waals surface area contributed by atoms with Crippen molar-refractivity contribution in [1.82, 2.24) is 14.4 Å². The first kappa shape index (κ1) is 8.04. The van der Waals surface area contributed by atoms with Crippen LogP contribution in [0.2, 0.25) is 0 Å². The topological polar surface area (TPSA) is 33.4 Å². The van der Waals surface area contributed by atoms with Gasteiger partial charge >= 0.3 is 0 Å². The molecule has 4 heteroatoms. The van der Waals surface area contributed by atoms with Crippen LogP contribution in [0.1, 0.15) is 5.82 Å². The van der Waals surface area contributed by atoms with Gasteiger partial charge in [-0.25, -0.2) is 9.97 Å². The molecule has 0 N–H and O–H groups in total. The summed E-state index contributed by atoms with van der Waals surface area (Å²) in [7, 11) is 3.95. The number of hydrogen-bond acceptors (Lipinski definition) is 3. The first-order chi connectivity index (χ1) is 6.20. The summed E-state index contributed by atoms with van der Waals surface area (Å²) in [5, 5.41) is 0. The van der Waals surface area contributed by atoms with E-state index >= 15 is 0 Å². The van der Waals surface area contributed by atoms with Crippen molar-refractivity contribution >= 4 is 11.3 Å². The molecule has 0 atom stereocenters. The van der Waals surface area contributed by atoms with Crippen LogP contribution >= 0.6 is 0 Å². The van der Waals surface area contributed by atoms with Gasteiger partial charge in [-0.05, 0) is 6.92 Å². The number of fused-ring (bicyclic) bond motifs is 1. The molecule has 0 fully saturated rings. The van der Waals surface area contributed by atoms with E-state index in [-0.39, 0.29) is 0 Å². The van der Waals surface area contributed by atoms with E-state index in [1.54, 1.807) is 6.20 Å². The fourth-order valence-electron chi connectivity index (χ4n) is 1.39. The Morgan fingerprint density at radius 3 is 2.77 bits per heavy atom. The Kier molecular flexibility index (Phi) is 1.69. The minimum absolute atomic E-state index is 0.947. The van der Waals surface area contributed by atoms with E-state index in [0.717, 1.165) is 17.2 Å². The van der Waals surface area contributed by atoms with Gasteiger partial charge in [0.05, 0.1) is 6.20 Å². The second kappa shape index (κ2) is 2.73. The lowest BCUT2D eigenvalue weighted by Gasteiger charge is -2.11. The molecule has 0 aliphatic heterocycles. The van der Waals surface area contributed by atoms with Crippen LogP contribution in [0.5, 0.6) is 0 Å². The average Bonchev–Trinajstić information content (AvgIpc) is 2.48. The fraction of sp³-hybridized carbons (Fsp3) is 0.333. The lowest BCUT2D eigenvalue weighted by molar-refractivity contribution is 0.999. The van der Waals surface area contributed by atoms with Crippen molar-refractivity contribution in [1.29, 1.82) is 0 Å². The molecule has 0 unspecified atom stereocenters. The lowest BCUT2D eigenvalue weighted by Crippen LogP contribution is -2.11. The standard InChI is InChI=1S/C9H12N4/c1-7-11-6-8-9(12(2)3)10-4-5-13(7)8/h4-6H,1-3H3. The van der Waals surface area contributed by atoms with Gasteiger partial charge in [-0.15, -0.1) is 0 Å². The quantitative estimate of drug-likeness (QED) is 0.652. The predicted octanol–water partition coefficient (Wildman–Crippen LogP) is 1.10. The van der Waals surface area contributed by atoms with Gasteiger partial charge in [0.25, 0.3) is 0 Å². The molecular weight excluding hydrogens is 164 g/mol. The maximum Gasteiger partial charge on any atom is 0.154 e. The Morgan fingerprint density at radius 2 is 2.08 bits per heavy atom. The zero-order chi connectivity index (χ0) is 9.42. The van der Waals surface area contributed by atoms with E-state index < -0.39 is 0 Å². The number of anilines is 1. The highest BCUT2D eigenvalue weighted by Gasteiger charge is 2.05. The molecule has 0 bridgehead atoms. The Bertz CT molecular complexity index is 430. The summed E-state index contributed by atoms with van der Waals surface area (Å²) in [6.45, 7) is 1.98. The van der Waals surface area contributed by atoms with Crippen molar-refractivity contribution < 1.29 is 0 Å². The zero-order valence-corrected chi connectivity index (χ0v) is 8.02. The van der Waals surface area contributed by atoms with Crippen molar-refractivity contribution in [2.75, 3.05) is 19.0 Å². The highest BCUT2D eigenvalue weighted by molar-refractivity contribution is 5.67. The Morgan fingerprint density at radius 1 is 1.31 bits per heavy atom. The van der Waals surface area contributed by atoms with E-state index in [4.69, 9.17) is 0 Å². The molecule has 13 heavy (non-hydrogen) atoms. The van der Waals surface area contributed by atoms with Gasteiger partial charge in [0.2, 0.25) is 0 Å². The first-order valence-corrected chi connectivity index (χ1v) is 4.16. The van der Waals surface area contributed by atoms with Gasteiger partial charge in [0.1, 0.15) is 11.3 Å². The van der Waals surface area contributed by atoms with Gasteiger partial charge in [0, 0.05) is 26.5 Å². The second-order valence-electron chi connectivity index (χ2n) is 3.21. The second-order valence-corrected chi connectivity index (χ2v) is 3.21. The van der Waals surface area contributed by atoms with E-state index in [9.17, 15) is 0 Å². The molecule has 0 saturated carbocycles. The maximum absolute atomic E-state index is 4.28. The van der Waals surface area contributed by atoms with Crippen molar-refractivity contribution in [3.63, 3.8) is 0 Å². The normalized spacial score (nSPS) is 10.7. The molecule has 2 rings (SSSR count). The summed E-state index contributed by atoms with van der Waals surface area (Å²) >= 11 is 0. The van der Waals surface area contributed by atoms with Crippen LogP contribution in [-0.2, 0) is 0 Å². The molecule has 0 saturated heterocycles. The van der Waals surface area contributed by atoms with E-state index in [1.807, 2.05) is 42.7 Å². The number of imidazole rings is 1. The zero-order valence-electron chi connectivity index (χ0n) is 8.02. The van der Waals surface area contributed by atoms with E-state index in [0.29, 0.717) is 0 Å². The Hall–Kier alpha value is -1.58. The molecule has 0 radical (unpaired) electrons. The number of rotatable bonds is 1. The van der Waals surface area contributed by atoms with Crippen molar-refractivity contribution in [3.05, 3.63) is 24.4 Å². The van der Waals surface area contributed by atoms with Crippen LogP contribution in [0.15, 0.2) is 18.6 Å². The molecule has 0 aromatic carbocycles. The summed E-state index contributed by atoms with van der Waals surface area (Å²) in [4.78, 5) is 10.5. The van der Waals surface area contributed by atoms with Gasteiger partial charge in [-0.2, -0.15) is 0 Å². The Labute approximate surface area is 76.8 Å². The molecule has 4 nitrogen and oxygen atoms in total. The number of aromatic nitrogens is 3. The highest BCUT2D eigenvalue weighted by atomic mass is 15.2. The van der Waals surface area contributed by atoms with Crippen molar-refractivity contribution in [3.8, 4) is 0 Å². The van der Waals surface area contributed by atoms with Gasteiger partial charge < -0.3 is 4.90 Å². The maximum atomic E-state index is 4.28. The smallest absolute Gasteiger partial charge is 0.154 e. The van der Waals surface area contributed by atoms with E-state index in [2.05, 4.69) is 9.97 Å². The average molecular weight is 176 g/mol. The molecule has 0 aliphatic carbocycles. The molecule has 68 valence electrons. The molecule has 0 spiro atoms. The number of hydrogen-bond donors (Lipinski definition) is 0. The molecule has 2 heterocycles. The van der Waals surface area contributed by atoms with Crippen LogP contribution in [0.25, 0.3) is 5.52 Å². The summed E-state index contributed by atoms with van der Waals surface area (Å²) in [6.07, 6.45) is 5.55. The summed E-state index contributed by atoms with van der Waals surface area (Å²) < 4.78 is 2.03. The number of aryl methyl sites for hydroxylation is 1. The Balaban J connectivity index is 2.77. The minimum Gasteiger partial charge on any atom is -0.361 e. The summed E-state index contributed by atoms with van der Waals surface area (Å²) in [5.41, 5.74) is 1.05. The molecule has 2 aromatic heterocycles. The minimum atomic E-state index is 0.947. The van der Waals surface area contributed by atoms with Gasteiger partial charge in [0.15, 0.2) is 5.82 Å². The van der Waals surface area contributed by atoms with Crippen LogP contribution in [-0.4, -0.2) is 28.5 Å². The third-order valence-electron chi connectivity index (χ3n) is 2.05. The van der Waals surface area contributed by atoms with Crippen molar-refractivity contribution in [2.24, 2.45) is 0 Å².